The third kappa shape index (κ3) is 4.23. The van der Waals surface area contributed by atoms with Gasteiger partial charge in [0.2, 0.25) is 0 Å². The molecule has 0 aliphatic heterocycles. The Bertz CT molecular complexity index is 610. The molecule has 0 radical (unpaired) electrons. The molecule has 0 amide bonds. The standard InChI is InChI=1S/C14H22N2O4S/c1-5-11-10(7-13(17)18)12(6-2)16(14(19)15-11)8-9(3)21(4)20/h9H,5-8H2,1-4H3,(H,17,18). The van der Waals surface area contributed by atoms with Crippen LogP contribution in [0.15, 0.2) is 4.79 Å². The van der Waals surface area contributed by atoms with Crippen molar-refractivity contribution in [3.8, 4) is 0 Å². The highest BCUT2D eigenvalue weighted by molar-refractivity contribution is 7.84. The van der Waals surface area contributed by atoms with Gasteiger partial charge in [0.05, 0.1) is 12.1 Å². The van der Waals surface area contributed by atoms with Crippen molar-refractivity contribution < 1.29 is 14.1 Å². The molecular weight excluding hydrogens is 292 g/mol. The lowest BCUT2D eigenvalue weighted by atomic mass is 10.0. The third-order valence-corrected chi connectivity index (χ3v) is 4.77. The minimum absolute atomic E-state index is 0.150. The Kier molecular flexibility index (Phi) is 6.26. The Balaban J connectivity index is 3.45. The van der Waals surface area contributed by atoms with Gasteiger partial charge in [0, 0.05) is 40.1 Å². The van der Waals surface area contributed by atoms with Gasteiger partial charge in [-0.25, -0.2) is 4.79 Å². The van der Waals surface area contributed by atoms with Crippen LogP contribution in [0.5, 0.6) is 0 Å². The molecule has 1 aromatic rings. The van der Waals surface area contributed by atoms with Crippen molar-refractivity contribution >= 4 is 16.8 Å². The van der Waals surface area contributed by atoms with E-state index < -0.39 is 22.5 Å². The molecule has 0 bridgehead atoms. The van der Waals surface area contributed by atoms with Crippen LogP contribution in [0.25, 0.3) is 0 Å². The Labute approximate surface area is 126 Å². The zero-order valence-electron chi connectivity index (χ0n) is 12.9. The second-order valence-corrected chi connectivity index (χ2v) is 6.77. The number of nitrogens with zero attached hydrogens (tertiary/aromatic N) is 2. The van der Waals surface area contributed by atoms with Gasteiger partial charge >= 0.3 is 11.7 Å². The summed E-state index contributed by atoms with van der Waals surface area (Å²) in [6, 6.07) is 0. The van der Waals surface area contributed by atoms with Crippen LogP contribution in [0.2, 0.25) is 0 Å². The molecule has 118 valence electrons. The minimum Gasteiger partial charge on any atom is -0.481 e. The molecule has 1 N–H and O–H groups in total. The van der Waals surface area contributed by atoms with E-state index in [2.05, 4.69) is 4.98 Å². The molecule has 7 heteroatoms. The Morgan fingerprint density at radius 1 is 1.38 bits per heavy atom. The normalized spacial score (nSPS) is 13.9. The smallest absolute Gasteiger partial charge is 0.348 e. The molecular formula is C14H22N2O4S. The molecule has 0 aliphatic carbocycles. The van der Waals surface area contributed by atoms with Crippen LogP contribution in [0.4, 0.5) is 0 Å². The molecule has 0 aromatic carbocycles. The third-order valence-electron chi connectivity index (χ3n) is 3.49. The van der Waals surface area contributed by atoms with Gasteiger partial charge in [0.25, 0.3) is 0 Å². The van der Waals surface area contributed by atoms with E-state index in [1.165, 1.54) is 4.57 Å². The van der Waals surface area contributed by atoms with Crippen LogP contribution in [0, 0.1) is 0 Å². The maximum absolute atomic E-state index is 12.2. The van der Waals surface area contributed by atoms with E-state index in [0.717, 1.165) is 0 Å². The second-order valence-electron chi connectivity index (χ2n) is 4.96. The highest BCUT2D eigenvalue weighted by atomic mass is 32.2. The molecule has 21 heavy (non-hydrogen) atoms. The summed E-state index contributed by atoms with van der Waals surface area (Å²) in [4.78, 5) is 27.3. The summed E-state index contributed by atoms with van der Waals surface area (Å²) in [5.41, 5.74) is 1.45. The fraction of sp³-hybridized carbons (Fsp3) is 0.643. The predicted octanol–water partition coefficient (Wildman–Crippen LogP) is 0.762. The number of carboxylic acids is 1. The van der Waals surface area contributed by atoms with Crippen molar-refractivity contribution in [1.82, 2.24) is 9.55 Å². The average Bonchev–Trinajstić information content (AvgIpc) is 2.41. The first-order chi connectivity index (χ1) is 9.81. The van der Waals surface area contributed by atoms with E-state index in [1.54, 1.807) is 13.2 Å². The first-order valence-corrected chi connectivity index (χ1v) is 8.59. The van der Waals surface area contributed by atoms with Crippen LogP contribution in [-0.2, 0) is 41.4 Å². The summed E-state index contributed by atoms with van der Waals surface area (Å²) in [5.74, 6) is -0.946. The summed E-state index contributed by atoms with van der Waals surface area (Å²) in [6.07, 6.45) is 2.49. The van der Waals surface area contributed by atoms with E-state index in [9.17, 15) is 13.8 Å². The second kappa shape index (κ2) is 7.49. The number of aromatic nitrogens is 2. The zero-order valence-corrected chi connectivity index (χ0v) is 13.7. The molecule has 6 nitrogen and oxygen atoms in total. The van der Waals surface area contributed by atoms with Crippen molar-refractivity contribution in [3.05, 3.63) is 27.4 Å². The fourth-order valence-corrected chi connectivity index (χ4v) is 2.65. The molecule has 1 heterocycles. The van der Waals surface area contributed by atoms with E-state index in [1.807, 2.05) is 13.8 Å². The summed E-state index contributed by atoms with van der Waals surface area (Å²) in [7, 11) is -1.06. The van der Waals surface area contributed by atoms with Gasteiger partial charge in [-0.2, -0.15) is 4.98 Å². The number of carboxylic acid groups (broad SMARTS) is 1. The lowest BCUT2D eigenvalue weighted by Gasteiger charge is -2.19. The quantitative estimate of drug-likeness (QED) is 0.802. The molecule has 2 unspecified atom stereocenters. The van der Waals surface area contributed by atoms with Crippen LogP contribution in [-0.4, -0.2) is 36.3 Å². The summed E-state index contributed by atoms with van der Waals surface area (Å²) in [5, 5.41) is 8.88. The maximum atomic E-state index is 12.2. The summed E-state index contributed by atoms with van der Waals surface area (Å²) in [6.45, 7) is 5.81. The van der Waals surface area contributed by atoms with Crippen LogP contribution in [0.3, 0.4) is 0 Å². The predicted molar refractivity (Wildman–Crippen MR) is 82.1 cm³/mol. The fourth-order valence-electron chi connectivity index (χ4n) is 2.29. The SMILES string of the molecule is CCc1nc(=O)n(CC(C)S(C)=O)c(CC)c1CC(=O)O. The van der Waals surface area contributed by atoms with Crippen molar-refractivity contribution in [3.63, 3.8) is 0 Å². The maximum Gasteiger partial charge on any atom is 0.348 e. The van der Waals surface area contributed by atoms with Crippen molar-refractivity contribution in [2.24, 2.45) is 0 Å². The van der Waals surface area contributed by atoms with E-state index in [4.69, 9.17) is 5.11 Å². The highest BCUT2D eigenvalue weighted by Gasteiger charge is 2.19. The lowest BCUT2D eigenvalue weighted by molar-refractivity contribution is -0.136. The molecule has 1 aromatic heterocycles. The van der Waals surface area contributed by atoms with E-state index >= 15 is 0 Å². The Morgan fingerprint density at radius 2 is 2.00 bits per heavy atom. The molecule has 0 saturated heterocycles. The number of carbonyl (C=O) groups is 1. The summed E-state index contributed by atoms with van der Waals surface area (Å²) < 4.78 is 13.0. The van der Waals surface area contributed by atoms with E-state index in [0.29, 0.717) is 29.8 Å². The van der Waals surface area contributed by atoms with Crippen LogP contribution < -0.4 is 5.69 Å². The largest absolute Gasteiger partial charge is 0.481 e. The minimum atomic E-state index is -1.06. The Hall–Kier alpha value is -1.50. The molecule has 2 atom stereocenters. The van der Waals surface area contributed by atoms with Crippen LogP contribution >= 0.6 is 0 Å². The number of hydrogen-bond acceptors (Lipinski definition) is 4. The van der Waals surface area contributed by atoms with Crippen molar-refractivity contribution in [1.29, 1.82) is 0 Å². The van der Waals surface area contributed by atoms with Gasteiger partial charge in [-0.05, 0) is 19.8 Å². The molecule has 0 fully saturated rings. The topological polar surface area (TPSA) is 89.3 Å². The first kappa shape index (κ1) is 17.6. The average molecular weight is 314 g/mol. The number of aryl methyl sites for hydroxylation is 1. The first-order valence-electron chi connectivity index (χ1n) is 6.97. The molecule has 0 spiro atoms. The van der Waals surface area contributed by atoms with Gasteiger partial charge < -0.3 is 5.11 Å². The van der Waals surface area contributed by atoms with Crippen molar-refractivity contribution in [2.45, 2.75) is 51.8 Å². The molecule has 1 rings (SSSR count). The number of hydrogen-bond donors (Lipinski definition) is 1. The van der Waals surface area contributed by atoms with Gasteiger partial charge in [0.1, 0.15) is 0 Å². The van der Waals surface area contributed by atoms with Crippen LogP contribution in [0.1, 0.15) is 37.7 Å². The highest BCUT2D eigenvalue weighted by Crippen LogP contribution is 2.15. The lowest BCUT2D eigenvalue weighted by Crippen LogP contribution is -2.34. The molecule has 0 saturated carbocycles. The van der Waals surface area contributed by atoms with E-state index in [-0.39, 0.29) is 18.2 Å². The Morgan fingerprint density at radius 3 is 2.43 bits per heavy atom. The van der Waals surface area contributed by atoms with Gasteiger partial charge in [-0.15, -0.1) is 0 Å². The van der Waals surface area contributed by atoms with Gasteiger partial charge in [-0.1, -0.05) is 13.8 Å². The van der Waals surface area contributed by atoms with Gasteiger partial charge in [-0.3, -0.25) is 13.6 Å². The summed E-state index contributed by atoms with van der Waals surface area (Å²) >= 11 is 0. The zero-order chi connectivity index (χ0) is 16.2. The van der Waals surface area contributed by atoms with Crippen molar-refractivity contribution in [2.75, 3.05) is 6.26 Å². The molecule has 0 aliphatic rings. The number of aliphatic carboxylic acids is 1. The number of rotatable bonds is 7. The monoisotopic (exact) mass is 314 g/mol. The van der Waals surface area contributed by atoms with Gasteiger partial charge in [0.15, 0.2) is 0 Å².